The van der Waals surface area contributed by atoms with E-state index >= 15 is 0 Å². The van der Waals surface area contributed by atoms with E-state index in [9.17, 15) is 0 Å². The number of hydrogen-bond acceptors (Lipinski definition) is 8. The lowest BCUT2D eigenvalue weighted by Crippen LogP contribution is -2.53. The Kier molecular flexibility index (Phi) is 4.68. The van der Waals surface area contributed by atoms with Crippen molar-refractivity contribution in [3.63, 3.8) is 0 Å². The molecule has 0 amide bonds. The number of anilines is 3. The molecule has 4 aromatic rings. The van der Waals surface area contributed by atoms with Crippen LogP contribution in [0, 0.1) is 12.8 Å². The van der Waals surface area contributed by atoms with Gasteiger partial charge < -0.3 is 15.5 Å². The van der Waals surface area contributed by atoms with Crippen molar-refractivity contribution in [2.45, 2.75) is 25.8 Å². The molecule has 9 heteroatoms. The van der Waals surface area contributed by atoms with Crippen LogP contribution < -0.4 is 10.6 Å². The van der Waals surface area contributed by atoms with Gasteiger partial charge >= 0.3 is 0 Å². The van der Waals surface area contributed by atoms with E-state index in [4.69, 9.17) is 4.98 Å². The Morgan fingerprint density at radius 3 is 2.59 bits per heavy atom. The Balaban J connectivity index is 1.32. The molecule has 2 N–H and O–H groups in total. The van der Waals surface area contributed by atoms with Crippen molar-refractivity contribution in [2.75, 3.05) is 30.3 Å². The Bertz CT molecular complexity index is 1250. The van der Waals surface area contributed by atoms with Gasteiger partial charge in [0.25, 0.3) is 0 Å². The fraction of sp³-hybridized carbons (Fsp3) is 0.348. The molecule has 3 aliphatic heterocycles. The molecule has 3 saturated heterocycles. The molecule has 0 aliphatic carbocycles. The van der Waals surface area contributed by atoms with Gasteiger partial charge in [0.15, 0.2) is 0 Å². The summed E-state index contributed by atoms with van der Waals surface area (Å²) in [5.41, 5.74) is 5.45. The van der Waals surface area contributed by atoms with Gasteiger partial charge in [-0.1, -0.05) is 0 Å². The van der Waals surface area contributed by atoms with Crippen LogP contribution in [-0.2, 0) is 0 Å². The van der Waals surface area contributed by atoms with Gasteiger partial charge in [-0.25, -0.2) is 24.9 Å². The van der Waals surface area contributed by atoms with E-state index in [1.807, 2.05) is 37.6 Å². The molecule has 7 rings (SSSR count). The summed E-state index contributed by atoms with van der Waals surface area (Å²) in [6.45, 7) is 5.55. The molecular formula is C23H25N9. The number of aromatic nitrogens is 6. The van der Waals surface area contributed by atoms with Crippen LogP contribution in [0.4, 0.5) is 17.3 Å². The molecule has 1 atom stereocenters. The third kappa shape index (κ3) is 3.54. The molecule has 1 unspecified atom stereocenters. The lowest BCUT2D eigenvalue weighted by molar-refractivity contribution is 0.0972. The van der Waals surface area contributed by atoms with Crippen LogP contribution in [0.25, 0.3) is 17.0 Å². The highest BCUT2D eigenvalue weighted by Gasteiger charge is 2.34. The SMILES string of the molecule is Cc1cnc(NC2CN3CCC2CC3)nc1-c1cnc2ccc(Nc3cncnc3)cn12. The van der Waals surface area contributed by atoms with Crippen LogP contribution in [0.2, 0.25) is 0 Å². The molecule has 3 aliphatic rings. The second-order valence-corrected chi connectivity index (χ2v) is 8.66. The molecular weight excluding hydrogens is 402 g/mol. The van der Waals surface area contributed by atoms with E-state index < -0.39 is 0 Å². The first-order valence-corrected chi connectivity index (χ1v) is 11.0. The van der Waals surface area contributed by atoms with Gasteiger partial charge in [-0.3, -0.25) is 4.40 Å². The molecule has 0 aromatic carbocycles. The summed E-state index contributed by atoms with van der Waals surface area (Å²) >= 11 is 0. The summed E-state index contributed by atoms with van der Waals surface area (Å²) < 4.78 is 2.06. The summed E-state index contributed by atoms with van der Waals surface area (Å²) in [6.07, 6.45) is 13.3. The van der Waals surface area contributed by atoms with Crippen LogP contribution in [0.5, 0.6) is 0 Å². The van der Waals surface area contributed by atoms with Gasteiger partial charge in [0.2, 0.25) is 5.95 Å². The third-order valence-electron chi connectivity index (χ3n) is 6.54. The van der Waals surface area contributed by atoms with Gasteiger partial charge in [-0.2, -0.15) is 0 Å². The van der Waals surface area contributed by atoms with E-state index in [-0.39, 0.29) is 0 Å². The fourth-order valence-corrected chi connectivity index (χ4v) is 4.83. The van der Waals surface area contributed by atoms with E-state index in [1.165, 1.54) is 32.3 Å². The van der Waals surface area contributed by atoms with Gasteiger partial charge in [-0.15, -0.1) is 0 Å². The van der Waals surface area contributed by atoms with E-state index in [1.54, 1.807) is 12.4 Å². The van der Waals surface area contributed by atoms with E-state index in [0.717, 1.165) is 40.5 Å². The minimum Gasteiger partial charge on any atom is -0.352 e. The first-order valence-electron chi connectivity index (χ1n) is 11.0. The molecule has 0 saturated carbocycles. The molecule has 0 spiro atoms. The van der Waals surface area contributed by atoms with Crippen molar-refractivity contribution < 1.29 is 0 Å². The highest BCUT2D eigenvalue weighted by atomic mass is 15.2. The third-order valence-corrected chi connectivity index (χ3v) is 6.54. The average molecular weight is 428 g/mol. The number of piperidine rings is 3. The van der Waals surface area contributed by atoms with Crippen LogP contribution in [0.3, 0.4) is 0 Å². The fourth-order valence-electron chi connectivity index (χ4n) is 4.83. The minimum atomic E-state index is 0.416. The number of hydrogen-bond donors (Lipinski definition) is 2. The van der Waals surface area contributed by atoms with E-state index in [2.05, 4.69) is 39.9 Å². The van der Waals surface area contributed by atoms with Crippen LogP contribution in [-0.4, -0.2) is 59.9 Å². The zero-order chi connectivity index (χ0) is 21.5. The molecule has 32 heavy (non-hydrogen) atoms. The summed E-state index contributed by atoms with van der Waals surface area (Å²) in [5, 5.41) is 6.95. The van der Waals surface area contributed by atoms with Gasteiger partial charge in [-0.05, 0) is 56.5 Å². The molecule has 162 valence electrons. The van der Waals surface area contributed by atoms with Gasteiger partial charge in [0, 0.05) is 25.0 Å². The van der Waals surface area contributed by atoms with Crippen molar-refractivity contribution in [3.8, 4) is 11.4 Å². The Morgan fingerprint density at radius 1 is 0.969 bits per heavy atom. The number of pyridine rings is 1. The second-order valence-electron chi connectivity index (χ2n) is 8.66. The lowest BCUT2D eigenvalue weighted by Gasteiger charge is -2.44. The number of imidazole rings is 1. The lowest BCUT2D eigenvalue weighted by atomic mass is 9.84. The van der Waals surface area contributed by atoms with E-state index in [0.29, 0.717) is 17.9 Å². The smallest absolute Gasteiger partial charge is 0.223 e. The highest BCUT2D eigenvalue weighted by Crippen LogP contribution is 2.30. The Morgan fingerprint density at radius 2 is 1.81 bits per heavy atom. The zero-order valence-corrected chi connectivity index (χ0v) is 17.9. The van der Waals surface area contributed by atoms with Crippen LogP contribution in [0.15, 0.2) is 49.4 Å². The summed E-state index contributed by atoms with van der Waals surface area (Å²) in [7, 11) is 0. The standard InChI is InChI=1S/C23H25N9/c1-15-8-27-23(29-19-13-31-6-4-16(19)5-7-31)30-22(15)20-11-26-21-3-2-17(12-32(20)21)28-18-9-24-14-25-10-18/h2-3,8-12,14,16,19,28H,4-7,13H2,1H3,(H,27,29,30). The first kappa shape index (κ1) is 19.1. The zero-order valence-electron chi connectivity index (χ0n) is 17.9. The molecule has 4 aromatic heterocycles. The van der Waals surface area contributed by atoms with Crippen molar-refractivity contribution in [1.82, 2.24) is 34.2 Å². The number of aryl methyl sites for hydroxylation is 1. The van der Waals surface area contributed by atoms with Crippen molar-refractivity contribution in [2.24, 2.45) is 5.92 Å². The van der Waals surface area contributed by atoms with Crippen LogP contribution in [0.1, 0.15) is 18.4 Å². The molecule has 2 bridgehead atoms. The van der Waals surface area contributed by atoms with Crippen LogP contribution >= 0.6 is 0 Å². The first-order chi connectivity index (χ1) is 15.7. The maximum atomic E-state index is 4.91. The predicted octanol–water partition coefficient (Wildman–Crippen LogP) is 3.14. The maximum absolute atomic E-state index is 4.91. The minimum absolute atomic E-state index is 0.416. The molecule has 9 nitrogen and oxygen atoms in total. The molecule has 3 fully saturated rings. The van der Waals surface area contributed by atoms with Gasteiger partial charge in [0.1, 0.15) is 12.0 Å². The number of nitrogens with zero attached hydrogens (tertiary/aromatic N) is 7. The average Bonchev–Trinajstić information content (AvgIpc) is 3.25. The normalized spacial score (nSPS) is 22.2. The number of rotatable bonds is 5. The second kappa shape index (κ2) is 7.83. The molecule has 7 heterocycles. The Hall–Kier alpha value is -3.59. The number of nitrogens with one attached hydrogen (secondary N) is 2. The molecule has 0 radical (unpaired) electrons. The Labute approximate surface area is 186 Å². The largest absolute Gasteiger partial charge is 0.352 e. The van der Waals surface area contributed by atoms with Gasteiger partial charge in [0.05, 0.1) is 41.4 Å². The summed E-state index contributed by atoms with van der Waals surface area (Å²) in [5.74, 6) is 1.40. The highest BCUT2D eigenvalue weighted by molar-refractivity contribution is 5.67. The quantitative estimate of drug-likeness (QED) is 0.502. The topological polar surface area (TPSA) is 96.2 Å². The van der Waals surface area contributed by atoms with Crippen molar-refractivity contribution in [3.05, 3.63) is 55.0 Å². The monoisotopic (exact) mass is 427 g/mol. The number of fused-ring (bicyclic) bond motifs is 4. The predicted molar refractivity (Wildman–Crippen MR) is 123 cm³/mol. The summed E-state index contributed by atoms with van der Waals surface area (Å²) in [4.78, 5) is 24.7. The van der Waals surface area contributed by atoms with Crippen molar-refractivity contribution in [1.29, 1.82) is 0 Å². The summed E-state index contributed by atoms with van der Waals surface area (Å²) in [6, 6.07) is 4.39. The maximum Gasteiger partial charge on any atom is 0.223 e. The van der Waals surface area contributed by atoms with Crippen molar-refractivity contribution >= 4 is 23.0 Å².